The number of hydrogen-bond acceptors (Lipinski definition) is 9. The van der Waals surface area contributed by atoms with Crippen LogP contribution in [0.4, 0.5) is 5.69 Å². The largest absolute Gasteiger partial charge is 0.464 e. The molecule has 0 radical (unpaired) electrons. The van der Waals surface area contributed by atoms with E-state index >= 15 is 0 Å². The summed E-state index contributed by atoms with van der Waals surface area (Å²) in [7, 11) is -2.24. The number of carbonyl (C=O) groups excluding carboxylic acids is 1. The van der Waals surface area contributed by atoms with Crippen LogP contribution in [0.5, 0.6) is 0 Å². The highest BCUT2D eigenvalue weighted by atomic mass is 35.5. The zero-order valence-electron chi connectivity index (χ0n) is 16.7. The maximum absolute atomic E-state index is 11.9. The highest BCUT2D eigenvalue weighted by Gasteiger charge is 2.22. The fourth-order valence-corrected chi connectivity index (χ4v) is 4.27. The number of aromatic nitrogens is 2. The lowest BCUT2D eigenvalue weighted by Crippen LogP contribution is -2.18. The highest BCUT2D eigenvalue weighted by Crippen LogP contribution is 2.29. The zero-order chi connectivity index (χ0) is 23.5. The van der Waals surface area contributed by atoms with E-state index < -0.39 is 15.8 Å². The molecule has 166 valence electrons. The Kier molecular flexibility index (Phi) is 7.29. The van der Waals surface area contributed by atoms with Crippen LogP contribution in [0.15, 0.2) is 69.1 Å². The van der Waals surface area contributed by atoms with E-state index in [2.05, 4.69) is 19.1 Å². The zero-order valence-corrected chi connectivity index (χ0v) is 19.9. The first-order chi connectivity index (χ1) is 15.1. The van der Waals surface area contributed by atoms with E-state index in [0.717, 1.165) is 17.8 Å². The Labute approximate surface area is 198 Å². The number of esters is 1. The van der Waals surface area contributed by atoms with Crippen molar-refractivity contribution < 1.29 is 17.9 Å². The van der Waals surface area contributed by atoms with Gasteiger partial charge in [-0.2, -0.15) is 4.37 Å². The molecule has 1 aromatic heterocycles. The number of methoxy groups -OCH3 is 1. The third kappa shape index (κ3) is 5.33. The number of nitrogens with zero attached hydrogens (tertiary/aromatic N) is 3. The minimum atomic E-state index is -3.41. The average Bonchev–Trinajstić information content (AvgIpc) is 3.26. The van der Waals surface area contributed by atoms with E-state index in [-0.39, 0.29) is 32.2 Å². The number of para-hydroxylation sites is 1. The van der Waals surface area contributed by atoms with Gasteiger partial charge in [-0.3, -0.25) is 0 Å². The van der Waals surface area contributed by atoms with Crippen molar-refractivity contribution >= 4 is 61.9 Å². The molecule has 0 aliphatic rings. The number of aliphatic imine (C=N–C) groups is 1. The molecule has 0 bridgehead atoms. The molecule has 2 N–H and O–H groups in total. The second-order valence-electron chi connectivity index (χ2n) is 6.35. The van der Waals surface area contributed by atoms with Crippen molar-refractivity contribution in [3.63, 3.8) is 0 Å². The van der Waals surface area contributed by atoms with E-state index in [1.54, 1.807) is 36.4 Å². The molecule has 0 aliphatic carbocycles. The molecule has 0 spiro atoms. The van der Waals surface area contributed by atoms with Crippen LogP contribution in [0.2, 0.25) is 5.02 Å². The number of rotatable bonds is 6. The summed E-state index contributed by atoms with van der Waals surface area (Å²) in [6, 6.07) is 13.0. The molecular weight excluding hydrogens is 495 g/mol. The Balaban J connectivity index is 2.15. The Morgan fingerprint density at radius 3 is 2.56 bits per heavy atom. The fraction of sp³-hybridized carbons (Fsp3) is 0.100. The number of ether oxygens (including phenoxy) is 1. The summed E-state index contributed by atoms with van der Waals surface area (Å²) in [5.74, 6) is -0.587. The average molecular weight is 511 g/mol. The van der Waals surface area contributed by atoms with E-state index in [9.17, 15) is 13.2 Å². The maximum atomic E-state index is 11.9. The first kappa shape index (κ1) is 23.9. The second-order valence-corrected chi connectivity index (χ2v) is 9.91. The number of hydrogen-bond donors (Lipinski definition) is 1. The standard InChI is InChI=1S/C20H16Cl2N4O4S2/c1-30-20(27)16(23)15(22)17(24-14-9-4-3-8-13(14)21)19-25-18(26-31-19)11-6-5-7-12(10-11)32(2,28)29/h3-10H,23H2,1-2H3/b16-15+,24-17?. The number of carbonyl (C=O) groups is 1. The number of benzene rings is 2. The van der Waals surface area contributed by atoms with E-state index in [4.69, 9.17) is 28.9 Å². The quantitative estimate of drug-likeness (QED) is 0.302. The molecule has 0 fully saturated rings. The molecule has 0 aliphatic heterocycles. The van der Waals surface area contributed by atoms with Gasteiger partial charge in [-0.1, -0.05) is 47.5 Å². The summed E-state index contributed by atoms with van der Waals surface area (Å²) in [5.41, 5.74) is 6.38. The Morgan fingerprint density at radius 2 is 1.91 bits per heavy atom. The van der Waals surface area contributed by atoms with Gasteiger partial charge in [0, 0.05) is 11.8 Å². The molecule has 12 heteroatoms. The van der Waals surface area contributed by atoms with Gasteiger partial charge in [-0.15, -0.1) is 0 Å². The molecular formula is C20H16Cl2N4O4S2. The fourth-order valence-electron chi connectivity index (χ4n) is 2.48. The molecule has 3 rings (SSSR count). The van der Waals surface area contributed by atoms with E-state index in [0.29, 0.717) is 16.3 Å². The number of allylic oxidation sites excluding steroid dienone is 1. The van der Waals surface area contributed by atoms with Gasteiger partial charge in [0.2, 0.25) is 0 Å². The Morgan fingerprint density at radius 1 is 1.19 bits per heavy atom. The molecule has 32 heavy (non-hydrogen) atoms. The normalized spacial score (nSPS) is 12.9. The molecule has 2 aromatic carbocycles. The van der Waals surface area contributed by atoms with Gasteiger partial charge in [0.25, 0.3) is 0 Å². The van der Waals surface area contributed by atoms with E-state index in [1.165, 1.54) is 19.2 Å². The van der Waals surface area contributed by atoms with Crippen molar-refractivity contribution in [1.82, 2.24) is 9.36 Å². The molecule has 8 nitrogen and oxygen atoms in total. The van der Waals surface area contributed by atoms with Gasteiger partial charge in [0.05, 0.1) is 27.7 Å². The van der Waals surface area contributed by atoms with Crippen molar-refractivity contribution in [1.29, 1.82) is 0 Å². The van der Waals surface area contributed by atoms with Crippen LogP contribution in [-0.4, -0.2) is 42.8 Å². The number of halogens is 2. The summed E-state index contributed by atoms with van der Waals surface area (Å²) in [5, 5.41) is 0.391. The van der Waals surface area contributed by atoms with Crippen molar-refractivity contribution in [2.75, 3.05) is 13.4 Å². The van der Waals surface area contributed by atoms with Gasteiger partial charge in [-0.05, 0) is 35.8 Å². The highest BCUT2D eigenvalue weighted by molar-refractivity contribution is 7.90. The molecule has 1 heterocycles. The minimum absolute atomic E-state index is 0.0608. The lowest BCUT2D eigenvalue weighted by molar-refractivity contribution is -0.136. The van der Waals surface area contributed by atoms with Crippen molar-refractivity contribution in [3.05, 3.63) is 69.3 Å². The third-order valence-corrected chi connectivity index (χ3v) is 6.62. The smallest absolute Gasteiger partial charge is 0.355 e. The molecule has 0 unspecified atom stereocenters. The number of sulfone groups is 1. The SMILES string of the molecule is COC(=O)/C(N)=C(\Cl)C(=Nc1ccccc1Cl)c1nc(-c2cccc(S(C)(=O)=O)c2)ns1. The summed E-state index contributed by atoms with van der Waals surface area (Å²) >= 11 is 13.5. The minimum Gasteiger partial charge on any atom is -0.464 e. The predicted octanol–water partition coefficient (Wildman–Crippen LogP) is 3.96. The number of nitrogens with two attached hydrogens (primary N) is 1. The van der Waals surface area contributed by atoms with Gasteiger partial charge in [0.15, 0.2) is 20.7 Å². The van der Waals surface area contributed by atoms with Crippen LogP contribution in [0, 0.1) is 0 Å². The van der Waals surface area contributed by atoms with Crippen LogP contribution in [-0.2, 0) is 19.4 Å². The van der Waals surface area contributed by atoms with Gasteiger partial charge < -0.3 is 10.5 Å². The summed E-state index contributed by atoms with van der Waals surface area (Å²) in [4.78, 5) is 20.9. The molecule has 0 saturated carbocycles. The van der Waals surface area contributed by atoms with Crippen LogP contribution >= 0.6 is 34.7 Å². The van der Waals surface area contributed by atoms with Crippen molar-refractivity contribution in [3.8, 4) is 11.4 Å². The molecule has 3 aromatic rings. The first-order valence-corrected chi connectivity index (χ1v) is 12.3. The van der Waals surface area contributed by atoms with Crippen molar-refractivity contribution in [2.24, 2.45) is 10.7 Å². The lowest BCUT2D eigenvalue weighted by Gasteiger charge is -2.07. The summed E-state index contributed by atoms with van der Waals surface area (Å²) in [6.07, 6.45) is 1.11. The predicted molar refractivity (Wildman–Crippen MR) is 125 cm³/mol. The third-order valence-electron chi connectivity index (χ3n) is 4.08. The first-order valence-electron chi connectivity index (χ1n) is 8.83. The van der Waals surface area contributed by atoms with Crippen molar-refractivity contribution in [2.45, 2.75) is 4.90 Å². The summed E-state index contributed by atoms with van der Waals surface area (Å²) in [6.45, 7) is 0. The van der Waals surface area contributed by atoms with Gasteiger partial charge >= 0.3 is 5.97 Å². The van der Waals surface area contributed by atoms with Gasteiger partial charge in [0.1, 0.15) is 11.4 Å². The second kappa shape index (κ2) is 9.78. The van der Waals surface area contributed by atoms with E-state index in [1.807, 2.05) is 0 Å². The van der Waals surface area contributed by atoms with Gasteiger partial charge in [-0.25, -0.2) is 23.2 Å². The van der Waals surface area contributed by atoms with Crippen LogP contribution < -0.4 is 5.73 Å². The molecule has 0 atom stereocenters. The molecule has 0 saturated heterocycles. The monoisotopic (exact) mass is 510 g/mol. The van der Waals surface area contributed by atoms with Crippen LogP contribution in [0.1, 0.15) is 5.01 Å². The molecule has 0 amide bonds. The van der Waals surface area contributed by atoms with Crippen LogP contribution in [0.25, 0.3) is 11.4 Å². The lowest BCUT2D eigenvalue weighted by atomic mass is 10.2. The topological polar surface area (TPSA) is 125 Å². The summed E-state index contributed by atoms with van der Waals surface area (Å²) < 4.78 is 32.7. The Bertz CT molecular complexity index is 1350. The maximum Gasteiger partial charge on any atom is 0.355 e. The van der Waals surface area contributed by atoms with Crippen LogP contribution in [0.3, 0.4) is 0 Å². The Hall–Kier alpha value is -2.79.